The van der Waals surface area contributed by atoms with Crippen molar-refractivity contribution in [2.45, 2.75) is 44.0 Å². The molecule has 9 N–H and O–H groups in total. The van der Waals surface area contributed by atoms with E-state index in [0.29, 0.717) is 0 Å². The van der Waals surface area contributed by atoms with Gasteiger partial charge in [0.15, 0.2) is 0 Å². The molecule has 1 aromatic carbocycles. The van der Waals surface area contributed by atoms with Gasteiger partial charge in [-0.3, -0.25) is 19.2 Å². The molecule has 0 fully saturated rings. The largest absolute Gasteiger partial charge is 0.480 e. The molecule has 0 spiro atoms. The Morgan fingerprint density at radius 1 is 1.03 bits per heavy atom. The van der Waals surface area contributed by atoms with E-state index in [2.05, 4.69) is 10.6 Å². The van der Waals surface area contributed by atoms with Crippen LogP contribution in [0.2, 0.25) is 0 Å². The first-order chi connectivity index (χ1) is 14.5. The molecule has 0 saturated carbocycles. The van der Waals surface area contributed by atoms with Crippen LogP contribution in [0.1, 0.15) is 18.9 Å². The highest BCUT2D eigenvalue weighted by Crippen LogP contribution is 2.02. The van der Waals surface area contributed by atoms with Gasteiger partial charge in [0.1, 0.15) is 12.1 Å². The number of aliphatic hydroxyl groups is 1. The number of hydrogen-bond donors (Lipinski definition) is 7. The second kappa shape index (κ2) is 12.2. The summed E-state index contributed by atoms with van der Waals surface area (Å²) < 4.78 is 0. The summed E-state index contributed by atoms with van der Waals surface area (Å²) in [5.41, 5.74) is 11.6. The van der Waals surface area contributed by atoms with Gasteiger partial charge in [0, 0.05) is 0 Å². The average Bonchev–Trinajstić information content (AvgIpc) is 2.69. The Morgan fingerprint density at radius 3 is 2.16 bits per heavy atom. The van der Waals surface area contributed by atoms with Crippen LogP contribution < -0.4 is 27.4 Å². The topological polar surface area (TPSA) is 214 Å². The van der Waals surface area contributed by atoms with E-state index in [1.165, 1.54) is 6.92 Å². The minimum absolute atomic E-state index is 0.253. The molecule has 12 nitrogen and oxygen atoms in total. The van der Waals surface area contributed by atoms with E-state index in [9.17, 15) is 29.1 Å². The van der Waals surface area contributed by atoms with E-state index in [4.69, 9.17) is 16.6 Å². The fourth-order valence-electron chi connectivity index (χ4n) is 2.55. The highest BCUT2D eigenvalue weighted by molar-refractivity contribution is 5.94. The molecule has 4 atom stereocenters. The van der Waals surface area contributed by atoms with Crippen LogP contribution in [0.25, 0.3) is 0 Å². The van der Waals surface area contributed by atoms with Gasteiger partial charge in [0.25, 0.3) is 0 Å². The van der Waals surface area contributed by atoms with E-state index in [0.717, 1.165) is 5.56 Å². The van der Waals surface area contributed by atoms with Crippen molar-refractivity contribution in [2.24, 2.45) is 11.5 Å². The number of amides is 4. The Kier molecular flexibility index (Phi) is 10.1. The molecule has 0 radical (unpaired) electrons. The van der Waals surface area contributed by atoms with E-state index in [1.54, 1.807) is 24.3 Å². The number of carbonyl (C=O) groups excluding carboxylic acids is 4. The third-order valence-electron chi connectivity index (χ3n) is 4.16. The third kappa shape index (κ3) is 9.23. The molecule has 1 rings (SSSR count). The molecule has 0 aromatic heterocycles. The highest BCUT2D eigenvalue weighted by atomic mass is 16.4. The Balaban J connectivity index is 2.60. The van der Waals surface area contributed by atoms with E-state index >= 15 is 0 Å². The number of primary amides is 1. The number of benzene rings is 1. The molecular weight excluding hydrogens is 410 g/mol. The molecule has 0 saturated heterocycles. The van der Waals surface area contributed by atoms with Crippen LogP contribution in [-0.2, 0) is 30.4 Å². The molecule has 0 aliphatic rings. The van der Waals surface area contributed by atoms with Gasteiger partial charge in [-0.05, 0) is 18.9 Å². The normalized spacial score (nSPS) is 14.4. The molecule has 0 bridgehead atoms. The quantitative estimate of drug-likeness (QED) is 0.178. The first-order valence-electron chi connectivity index (χ1n) is 9.37. The smallest absolute Gasteiger partial charge is 0.326 e. The zero-order valence-corrected chi connectivity index (χ0v) is 16.9. The monoisotopic (exact) mass is 437 g/mol. The fraction of sp³-hybridized carbons (Fsp3) is 0.421. The van der Waals surface area contributed by atoms with Crippen molar-refractivity contribution in [3.63, 3.8) is 0 Å². The van der Waals surface area contributed by atoms with Crippen LogP contribution in [0.4, 0.5) is 0 Å². The van der Waals surface area contributed by atoms with Crippen molar-refractivity contribution in [1.29, 1.82) is 0 Å². The standard InChI is InChI=1S/C19H27N5O7/c1-10(25)16(18(29)23-13(19(30)31)8-14(21)26)24-15(27)9-22-17(28)12(20)7-11-5-3-2-4-6-11/h2-6,10,12-13,16,25H,7-9,20H2,1H3,(H2,21,26)(H,22,28)(H,23,29)(H,24,27)(H,30,31). The number of aliphatic hydroxyl groups excluding tert-OH is 1. The maximum Gasteiger partial charge on any atom is 0.326 e. The predicted octanol–water partition coefficient (Wildman–Crippen LogP) is -3.02. The van der Waals surface area contributed by atoms with Gasteiger partial charge in [-0.15, -0.1) is 0 Å². The number of aliphatic carboxylic acids is 1. The summed E-state index contributed by atoms with van der Waals surface area (Å²) in [6.07, 6.45) is -1.82. The van der Waals surface area contributed by atoms with Crippen molar-refractivity contribution in [3.05, 3.63) is 35.9 Å². The van der Waals surface area contributed by atoms with Crippen LogP contribution in [0.3, 0.4) is 0 Å². The summed E-state index contributed by atoms with van der Waals surface area (Å²) in [5, 5.41) is 25.4. The summed E-state index contributed by atoms with van der Waals surface area (Å²) in [6.45, 7) is 0.671. The first kappa shape index (κ1) is 25.5. The molecule has 4 amide bonds. The summed E-state index contributed by atoms with van der Waals surface area (Å²) in [7, 11) is 0. The zero-order valence-electron chi connectivity index (χ0n) is 16.9. The predicted molar refractivity (Wildman–Crippen MR) is 108 cm³/mol. The van der Waals surface area contributed by atoms with Crippen LogP contribution >= 0.6 is 0 Å². The van der Waals surface area contributed by atoms with Gasteiger partial charge in [-0.2, -0.15) is 0 Å². The number of hydrogen-bond acceptors (Lipinski definition) is 7. The van der Waals surface area contributed by atoms with Crippen LogP contribution in [0, 0.1) is 0 Å². The minimum Gasteiger partial charge on any atom is -0.480 e. The molecule has 0 aliphatic heterocycles. The number of rotatable bonds is 12. The molecular formula is C19H27N5O7. The lowest BCUT2D eigenvalue weighted by atomic mass is 10.1. The van der Waals surface area contributed by atoms with Gasteiger partial charge in [-0.25, -0.2) is 4.79 Å². The lowest BCUT2D eigenvalue weighted by Crippen LogP contribution is -2.57. The van der Waals surface area contributed by atoms with Gasteiger partial charge in [-0.1, -0.05) is 30.3 Å². The Bertz CT molecular complexity index is 800. The summed E-state index contributed by atoms with van der Waals surface area (Å²) in [6, 6.07) is 4.95. The van der Waals surface area contributed by atoms with Crippen molar-refractivity contribution in [3.8, 4) is 0 Å². The third-order valence-corrected chi connectivity index (χ3v) is 4.16. The molecule has 170 valence electrons. The fourth-order valence-corrected chi connectivity index (χ4v) is 2.55. The van der Waals surface area contributed by atoms with Gasteiger partial charge in [0.2, 0.25) is 23.6 Å². The first-order valence-corrected chi connectivity index (χ1v) is 9.37. The van der Waals surface area contributed by atoms with E-state index < -0.39 is 66.8 Å². The Morgan fingerprint density at radius 2 is 1.65 bits per heavy atom. The lowest BCUT2D eigenvalue weighted by molar-refractivity contribution is -0.144. The van der Waals surface area contributed by atoms with Crippen LogP contribution in [0.5, 0.6) is 0 Å². The molecule has 12 heteroatoms. The molecule has 1 aromatic rings. The second-order valence-corrected chi connectivity index (χ2v) is 6.87. The summed E-state index contributed by atoms with van der Waals surface area (Å²) in [4.78, 5) is 58.5. The number of carbonyl (C=O) groups is 5. The molecule has 31 heavy (non-hydrogen) atoms. The minimum atomic E-state index is -1.63. The number of carboxylic acid groups (broad SMARTS) is 1. The van der Waals surface area contributed by atoms with Crippen LogP contribution in [-0.4, -0.2) is 70.6 Å². The van der Waals surface area contributed by atoms with Crippen molar-refractivity contribution in [2.75, 3.05) is 6.54 Å². The average molecular weight is 437 g/mol. The van der Waals surface area contributed by atoms with Gasteiger partial charge >= 0.3 is 5.97 Å². The Labute approximate surface area is 178 Å². The molecule has 4 unspecified atom stereocenters. The maximum absolute atomic E-state index is 12.3. The molecule has 0 aliphatic carbocycles. The van der Waals surface area contributed by atoms with E-state index in [1.807, 2.05) is 11.4 Å². The van der Waals surface area contributed by atoms with Gasteiger partial charge < -0.3 is 37.6 Å². The van der Waals surface area contributed by atoms with Crippen molar-refractivity contribution in [1.82, 2.24) is 16.0 Å². The van der Waals surface area contributed by atoms with Crippen molar-refractivity contribution >= 4 is 29.6 Å². The number of carboxylic acids is 1. The second-order valence-electron chi connectivity index (χ2n) is 6.87. The summed E-state index contributed by atoms with van der Waals surface area (Å²) in [5.74, 6) is -4.92. The number of nitrogens with two attached hydrogens (primary N) is 2. The Hall–Kier alpha value is -3.51. The van der Waals surface area contributed by atoms with Crippen LogP contribution in [0.15, 0.2) is 30.3 Å². The summed E-state index contributed by atoms with van der Waals surface area (Å²) >= 11 is 0. The molecule has 0 heterocycles. The number of nitrogens with one attached hydrogen (secondary N) is 3. The van der Waals surface area contributed by atoms with Crippen molar-refractivity contribution < 1.29 is 34.2 Å². The highest BCUT2D eigenvalue weighted by Gasteiger charge is 2.30. The maximum atomic E-state index is 12.3. The van der Waals surface area contributed by atoms with E-state index in [-0.39, 0.29) is 6.42 Å². The lowest BCUT2D eigenvalue weighted by Gasteiger charge is -2.23. The zero-order chi connectivity index (χ0) is 23.6. The van der Waals surface area contributed by atoms with Gasteiger partial charge in [0.05, 0.1) is 25.1 Å². The SMILES string of the molecule is CC(O)C(NC(=O)CNC(=O)C(N)Cc1ccccc1)C(=O)NC(CC(N)=O)C(=O)O.